The summed E-state index contributed by atoms with van der Waals surface area (Å²) in [6, 6.07) is 11.9. The van der Waals surface area contributed by atoms with E-state index in [2.05, 4.69) is 4.98 Å². The van der Waals surface area contributed by atoms with Crippen LogP contribution in [0.1, 0.15) is 32.2 Å². The van der Waals surface area contributed by atoms with Crippen LogP contribution in [0.2, 0.25) is 5.02 Å². The van der Waals surface area contributed by atoms with Crippen LogP contribution in [0.4, 0.5) is 0 Å². The molecule has 2 N–H and O–H groups in total. The summed E-state index contributed by atoms with van der Waals surface area (Å²) >= 11 is 6.14. The van der Waals surface area contributed by atoms with Crippen molar-refractivity contribution in [3.8, 4) is 0 Å². The molecule has 0 bridgehead atoms. The molecule has 1 heterocycles. The molecule has 10 heteroatoms. The molecular formula is C19H16ClN3O5S. The maximum Gasteiger partial charge on any atom is 0.335 e. The molecular weight excluding hydrogens is 418 g/mol. The van der Waals surface area contributed by atoms with Gasteiger partial charge in [-0.15, -0.1) is 0 Å². The number of nitrogens with one attached hydrogen (secondary N) is 1. The van der Waals surface area contributed by atoms with Crippen LogP contribution >= 0.6 is 11.6 Å². The van der Waals surface area contributed by atoms with Crippen molar-refractivity contribution in [1.29, 1.82) is 0 Å². The normalized spacial score (nSPS) is 11.2. The average molecular weight is 434 g/mol. The predicted octanol–water partition coefficient (Wildman–Crippen LogP) is 2.71. The minimum Gasteiger partial charge on any atom is -0.478 e. The number of rotatable bonds is 6. The molecule has 1 amide bonds. The minimum absolute atomic E-state index is 0.0326. The fraction of sp³-hybridized carbons (Fsp3) is 0.105. The number of sulfonamides is 1. The van der Waals surface area contributed by atoms with Gasteiger partial charge >= 0.3 is 5.97 Å². The Hall–Kier alpha value is -3.17. The van der Waals surface area contributed by atoms with E-state index in [0.717, 1.165) is 0 Å². The summed E-state index contributed by atoms with van der Waals surface area (Å²) in [7, 11) is -4.02. The van der Waals surface area contributed by atoms with Crippen molar-refractivity contribution in [3.63, 3.8) is 0 Å². The monoisotopic (exact) mass is 433 g/mol. The number of aromatic nitrogens is 2. The van der Waals surface area contributed by atoms with E-state index in [1.807, 2.05) is 4.72 Å². The number of imidazole rings is 1. The minimum atomic E-state index is -4.02. The summed E-state index contributed by atoms with van der Waals surface area (Å²) in [6.07, 6.45) is 1.41. The zero-order chi connectivity index (χ0) is 21.2. The third-order valence-electron chi connectivity index (χ3n) is 4.13. The van der Waals surface area contributed by atoms with Gasteiger partial charge in [0.1, 0.15) is 11.5 Å². The first-order chi connectivity index (χ1) is 13.7. The van der Waals surface area contributed by atoms with Gasteiger partial charge in [0.15, 0.2) is 0 Å². The van der Waals surface area contributed by atoms with Crippen LogP contribution in [0.3, 0.4) is 0 Å². The summed E-state index contributed by atoms with van der Waals surface area (Å²) in [5.74, 6) is -1.48. The van der Waals surface area contributed by atoms with Crippen LogP contribution in [-0.4, -0.2) is 35.0 Å². The molecule has 0 saturated heterocycles. The zero-order valence-electron chi connectivity index (χ0n) is 15.2. The van der Waals surface area contributed by atoms with Crippen molar-refractivity contribution in [2.24, 2.45) is 0 Å². The van der Waals surface area contributed by atoms with E-state index in [0.29, 0.717) is 11.4 Å². The summed E-state index contributed by atoms with van der Waals surface area (Å²) in [6.45, 7) is 1.89. The van der Waals surface area contributed by atoms with E-state index in [-0.39, 0.29) is 27.7 Å². The number of hydrogen-bond acceptors (Lipinski definition) is 5. The van der Waals surface area contributed by atoms with Gasteiger partial charge in [0, 0.05) is 11.2 Å². The number of nitrogens with zero attached hydrogens (tertiary/aromatic N) is 2. The highest BCUT2D eigenvalue weighted by Crippen LogP contribution is 2.20. The zero-order valence-corrected chi connectivity index (χ0v) is 16.7. The van der Waals surface area contributed by atoms with Crippen LogP contribution in [-0.2, 0) is 16.6 Å². The number of aromatic carboxylic acids is 1. The first kappa shape index (κ1) is 20.6. The highest BCUT2D eigenvalue weighted by atomic mass is 35.5. The molecule has 0 aliphatic heterocycles. The summed E-state index contributed by atoms with van der Waals surface area (Å²) in [5.41, 5.74) is 0.619. The maximum atomic E-state index is 12.4. The van der Waals surface area contributed by atoms with Crippen molar-refractivity contribution in [2.75, 3.05) is 0 Å². The highest BCUT2D eigenvalue weighted by molar-refractivity contribution is 7.90. The Labute approximate surface area is 171 Å². The second-order valence-corrected chi connectivity index (χ2v) is 8.25. The standard InChI is InChI=1S/C19H16ClN3O5S/c1-12-21-17(18(24)22-29(27,28)15-5-3-2-4-6-15)11-23(12)10-14-8-7-13(19(25)26)9-16(14)20/h2-9,11H,10H2,1H3,(H,22,24)(H,25,26). The third-order valence-corrected chi connectivity index (χ3v) is 5.83. The molecule has 0 radical (unpaired) electrons. The van der Waals surface area contributed by atoms with Gasteiger partial charge in [-0.1, -0.05) is 35.9 Å². The Kier molecular flexibility index (Phi) is 5.71. The van der Waals surface area contributed by atoms with Crippen molar-refractivity contribution < 1.29 is 23.1 Å². The quantitative estimate of drug-likeness (QED) is 0.617. The molecule has 0 atom stereocenters. The van der Waals surface area contributed by atoms with Crippen molar-refractivity contribution in [1.82, 2.24) is 14.3 Å². The van der Waals surface area contributed by atoms with Crippen LogP contribution < -0.4 is 4.72 Å². The molecule has 3 rings (SSSR count). The number of halogens is 1. The number of benzene rings is 2. The number of hydrogen-bond donors (Lipinski definition) is 2. The summed E-state index contributed by atoms with van der Waals surface area (Å²) < 4.78 is 28.2. The van der Waals surface area contributed by atoms with E-state index < -0.39 is 21.9 Å². The SMILES string of the molecule is Cc1nc(C(=O)NS(=O)(=O)c2ccccc2)cn1Cc1ccc(C(=O)O)cc1Cl. The molecule has 0 aliphatic rings. The molecule has 29 heavy (non-hydrogen) atoms. The van der Waals surface area contributed by atoms with Gasteiger partial charge in [-0.3, -0.25) is 4.79 Å². The molecule has 1 aromatic heterocycles. The Morgan fingerprint density at radius 2 is 1.86 bits per heavy atom. The molecule has 0 saturated carbocycles. The molecule has 0 spiro atoms. The number of carboxylic acids is 1. The Bertz CT molecular complexity index is 1190. The highest BCUT2D eigenvalue weighted by Gasteiger charge is 2.21. The number of carbonyl (C=O) groups excluding carboxylic acids is 1. The van der Waals surface area contributed by atoms with Crippen LogP contribution in [0.25, 0.3) is 0 Å². The Morgan fingerprint density at radius 3 is 2.48 bits per heavy atom. The van der Waals surface area contributed by atoms with E-state index in [9.17, 15) is 18.0 Å². The van der Waals surface area contributed by atoms with Gasteiger partial charge < -0.3 is 9.67 Å². The first-order valence-corrected chi connectivity index (χ1v) is 10.2. The van der Waals surface area contributed by atoms with E-state index in [4.69, 9.17) is 16.7 Å². The molecule has 150 valence electrons. The molecule has 8 nitrogen and oxygen atoms in total. The van der Waals surface area contributed by atoms with E-state index >= 15 is 0 Å². The number of amides is 1. The van der Waals surface area contributed by atoms with Gasteiger partial charge in [0.25, 0.3) is 15.9 Å². The lowest BCUT2D eigenvalue weighted by molar-refractivity contribution is 0.0696. The molecule has 0 aliphatic carbocycles. The van der Waals surface area contributed by atoms with Crippen molar-refractivity contribution >= 4 is 33.5 Å². The Morgan fingerprint density at radius 1 is 1.17 bits per heavy atom. The Balaban J connectivity index is 1.80. The molecule has 3 aromatic rings. The molecule has 2 aromatic carbocycles. The fourth-order valence-corrected chi connectivity index (χ4v) is 3.83. The lowest BCUT2D eigenvalue weighted by Crippen LogP contribution is -2.30. The average Bonchev–Trinajstić information content (AvgIpc) is 3.04. The molecule has 0 unspecified atom stereocenters. The summed E-state index contributed by atoms with van der Waals surface area (Å²) in [4.78, 5) is 27.5. The second kappa shape index (κ2) is 8.06. The smallest absolute Gasteiger partial charge is 0.335 e. The van der Waals surface area contributed by atoms with Gasteiger partial charge in [-0.05, 0) is 36.8 Å². The van der Waals surface area contributed by atoms with Gasteiger partial charge in [-0.2, -0.15) is 0 Å². The van der Waals surface area contributed by atoms with Crippen molar-refractivity contribution in [2.45, 2.75) is 18.4 Å². The fourth-order valence-electron chi connectivity index (χ4n) is 2.60. The van der Waals surface area contributed by atoms with Gasteiger partial charge in [0.2, 0.25) is 0 Å². The van der Waals surface area contributed by atoms with Crippen LogP contribution in [0.5, 0.6) is 0 Å². The second-order valence-electron chi connectivity index (χ2n) is 6.16. The largest absolute Gasteiger partial charge is 0.478 e. The number of aryl methyl sites for hydroxylation is 1. The van der Waals surface area contributed by atoms with Crippen LogP contribution in [0.15, 0.2) is 59.6 Å². The number of carboxylic acid groups (broad SMARTS) is 1. The lowest BCUT2D eigenvalue weighted by atomic mass is 10.1. The van der Waals surface area contributed by atoms with E-state index in [1.54, 1.807) is 35.8 Å². The lowest BCUT2D eigenvalue weighted by Gasteiger charge is -2.08. The first-order valence-electron chi connectivity index (χ1n) is 8.35. The maximum absolute atomic E-state index is 12.4. The number of carbonyl (C=O) groups is 2. The van der Waals surface area contributed by atoms with Gasteiger partial charge in [0.05, 0.1) is 17.0 Å². The van der Waals surface area contributed by atoms with Crippen LogP contribution in [0, 0.1) is 6.92 Å². The topological polar surface area (TPSA) is 118 Å². The summed E-state index contributed by atoms with van der Waals surface area (Å²) in [5, 5.41) is 9.27. The van der Waals surface area contributed by atoms with Gasteiger partial charge in [-0.25, -0.2) is 22.9 Å². The van der Waals surface area contributed by atoms with Crippen molar-refractivity contribution in [3.05, 3.63) is 82.4 Å². The predicted molar refractivity (Wildman–Crippen MR) is 106 cm³/mol. The molecule has 0 fully saturated rings. The third kappa shape index (κ3) is 4.64. The van der Waals surface area contributed by atoms with E-state index in [1.165, 1.54) is 30.5 Å².